The van der Waals surface area contributed by atoms with Crippen LogP contribution in [0.25, 0.3) is 0 Å². The van der Waals surface area contributed by atoms with Crippen molar-refractivity contribution < 1.29 is 38.6 Å². The second kappa shape index (κ2) is 11.0. The van der Waals surface area contributed by atoms with Gasteiger partial charge in [-0.05, 0) is 39.2 Å². The van der Waals surface area contributed by atoms with Crippen LogP contribution in [0.1, 0.15) is 27.2 Å². The quantitative estimate of drug-likeness (QED) is 0.236. The molecule has 1 aliphatic rings. The highest BCUT2D eigenvalue weighted by Gasteiger charge is 2.49. The van der Waals surface area contributed by atoms with Crippen LogP contribution in [0.15, 0.2) is 0 Å². The molecule has 0 spiro atoms. The van der Waals surface area contributed by atoms with Crippen molar-refractivity contribution in [1.82, 2.24) is 16.0 Å². The molecule has 0 saturated carbocycles. The summed E-state index contributed by atoms with van der Waals surface area (Å²) in [5.41, 5.74) is 4.23. The normalized spacial score (nSPS) is 19.7. The fourth-order valence-electron chi connectivity index (χ4n) is 2.26. The van der Waals surface area contributed by atoms with Crippen LogP contribution in [-0.2, 0) is 28.7 Å². The largest absolute Gasteiger partial charge is 0.480 e. The first kappa shape index (κ1) is 25.5. The number of primary amides is 1. The molecular formula is C17H28N4O8S. The third-order valence-electron chi connectivity index (χ3n) is 3.74. The monoisotopic (exact) mass is 448 g/mol. The summed E-state index contributed by atoms with van der Waals surface area (Å²) in [6.07, 6.45) is -0.877. The van der Waals surface area contributed by atoms with Gasteiger partial charge in [0, 0.05) is 6.54 Å². The van der Waals surface area contributed by atoms with Gasteiger partial charge >= 0.3 is 12.1 Å². The van der Waals surface area contributed by atoms with E-state index in [-0.39, 0.29) is 6.42 Å². The lowest BCUT2D eigenvalue weighted by Gasteiger charge is -2.24. The van der Waals surface area contributed by atoms with Gasteiger partial charge in [-0.15, -0.1) is 0 Å². The van der Waals surface area contributed by atoms with Crippen molar-refractivity contribution in [2.75, 3.05) is 18.6 Å². The SMILES string of the molecule is CSCC[C@H](NC(=O)OC(C)(C)C)C(=O)N[C@@H](CNC(=O)C1OC1C(N)=O)C(=O)O. The van der Waals surface area contributed by atoms with Crippen LogP contribution in [0.5, 0.6) is 0 Å². The maximum Gasteiger partial charge on any atom is 0.408 e. The molecule has 0 aromatic heterocycles. The fraction of sp³-hybridized carbons (Fsp3) is 0.706. The Bertz CT molecular complexity index is 681. The summed E-state index contributed by atoms with van der Waals surface area (Å²) in [7, 11) is 0. The highest BCUT2D eigenvalue weighted by molar-refractivity contribution is 7.98. The van der Waals surface area contributed by atoms with E-state index < -0.39 is 66.2 Å². The van der Waals surface area contributed by atoms with Gasteiger partial charge in [0.05, 0.1) is 0 Å². The molecule has 0 bridgehead atoms. The average molecular weight is 448 g/mol. The number of ether oxygens (including phenoxy) is 2. The minimum absolute atomic E-state index is 0.237. The van der Waals surface area contributed by atoms with E-state index in [2.05, 4.69) is 16.0 Å². The molecular weight excluding hydrogens is 420 g/mol. The number of hydrogen-bond donors (Lipinski definition) is 5. The number of carbonyl (C=O) groups excluding carboxylic acids is 4. The molecule has 1 aliphatic heterocycles. The maximum atomic E-state index is 12.5. The predicted octanol–water partition coefficient (Wildman–Crippen LogP) is -1.43. The van der Waals surface area contributed by atoms with Gasteiger partial charge in [-0.25, -0.2) is 9.59 Å². The number of carboxylic acids is 1. The van der Waals surface area contributed by atoms with Gasteiger partial charge in [0.15, 0.2) is 12.2 Å². The summed E-state index contributed by atoms with van der Waals surface area (Å²) >= 11 is 1.44. The number of aliphatic carboxylic acids is 1. The number of carboxylic acid groups (broad SMARTS) is 1. The number of rotatable bonds is 11. The third-order valence-corrected chi connectivity index (χ3v) is 4.39. The Hall–Kier alpha value is -2.54. The van der Waals surface area contributed by atoms with Gasteiger partial charge in [-0.2, -0.15) is 11.8 Å². The van der Waals surface area contributed by atoms with E-state index in [1.807, 2.05) is 6.26 Å². The first-order chi connectivity index (χ1) is 13.9. The molecule has 1 heterocycles. The van der Waals surface area contributed by atoms with Gasteiger partial charge in [0.2, 0.25) is 11.8 Å². The van der Waals surface area contributed by atoms with E-state index in [0.29, 0.717) is 5.75 Å². The lowest BCUT2D eigenvalue weighted by molar-refractivity contribution is -0.142. The first-order valence-electron chi connectivity index (χ1n) is 9.09. The van der Waals surface area contributed by atoms with Crippen molar-refractivity contribution in [3.05, 3.63) is 0 Å². The lowest BCUT2D eigenvalue weighted by Crippen LogP contribution is -2.55. The number of nitrogens with one attached hydrogen (secondary N) is 3. The second-order valence-electron chi connectivity index (χ2n) is 7.50. The third kappa shape index (κ3) is 8.86. The van der Waals surface area contributed by atoms with Crippen molar-refractivity contribution in [3.8, 4) is 0 Å². The molecule has 1 rings (SSSR count). The molecule has 12 nitrogen and oxygen atoms in total. The van der Waals surface area contributed by atoms with Crippen molar-refractivity contribution in [2.24, 2.45) is 5.73 Å². The molecule has 4 atom stereocenters. The van der Waals surface area contributed by atoms with Crippen molar-refractivity contribution in [3.63, 3.8) is 0 Å². The molecule has 2 unspecified atom stereocenters. The molecule has 0 aliphatic carbocycles. The highest BCUT2D eigenvalue weighted by Crippen LogP contribution is 2.21. The predicted molar refractivity (Wildman–Crippen MR) is 107 cm³/mol. The molecule has 13 heteroatoms. The number of hydrogen-bond acceptors (Lipinski definition) is 8. The Morgan fingerprint density at radius 3 is 2.23 bits per heavy atom. The van der Waals surface area contributed by atoms with Gasteiger partial charge < -0.3 is 36.3 Å². The summed E-state index contributed by atoms with van der Waals surface area (Å²) in [6, 6.07) is -2.50. The molecule has 0 radical (unpaired) electrons. The molecule has 4 amide bonds. The molecule has 30 heavy (non-hydrogen) atoms. The van der Waals surface area contributed by atoms with Crippen LogP contribution < -0.4 is 21.7 Å². The Morgan fingerprint density at radius 1 is 1.13 bits per heavy atom. The molecule has 0 aromatic carbocycles. The minimum atomic E-state index is -1.47. The minimum Gasteiger partial charge on any atom is -0.480 e. The smallest absolute Gasteiger partial charge is 0.408 e. The van der Waals surface area contributed by atoms with Gasteiger partial charge in [0.25, 0.3) is 5.91 Å². The van der Waals surface area contributed by atoms with Gasteiger partial charge in [0.1, 0.15) is 17.7 Å². The van der Waals surface area contributed by atoms with Crippen LogP contribution in [-0.4, -0.2) is 83.3 Å². The Balaban J connectivity index is 2.67. The van der Waals surface area contributed by atoms with Crippen LogP contribution in [0.2, 0.25) is 0 Å². The van der Waals surface area contributed by atoms with Crippen LogP contribution >= 0.6 is 11.8 Å². The van der Waals surface area contributed by atoms with E-state index >= 15 is 0 Å². The van der Waals surface area contributed by atoms with Crippen molar-refractivity contribution in [1.29, 1.82) is 0 Å². The molecule has 1 saturated heterocycles. The van der Waals surface area contributed by atoms with E-state index in [0.717, 1.165) is 0 Å². The lowest BCUT2D eigenvalue weighted by atomic mass is 10.2. The standard InChI is InChI=1S/C17H28N4O8S/c1-17(2,3)29-16(27)21-8(5-6-30-4)13(23)20-9(15(25)26)7-19-14(24)11-10(28-11)12(18)22/h8-11H,5-7H2,1-4H3,(H2,18,22)(H,19,24)(H,20,23)(H,21,27)(H,25,26)/t8-,9-,10?,11?/m0/s1. The number of epoxide rings is 1. The number of amides is 4. The van der Waals surface area contributed by atoms with E-state index in [4.69, 9.17) is 15.2 Å². The maximum absolute atomic E-state index is 12.5. The summed E-state index contributed by atoms with van der Waals surface area (Å²) in [4.78, 5) is 58.8. The zero-order valence-electron chi connectivity index (χ0n) is 17.2. The van der Waals surface area contributed by atoms with E-state index in [1.165, 1.54) is 11.8 Å². The van der Waals surface area contributed by atoms with Crippen molar-refractivity contribution >= 4 is 41.5 Å². The summed E-state index contributed by atoms with van der Waals surface area (Å²) in [6.45, 7) is 4.55. The molecule has 170 valence electrons. The molecule has 1 fully saturated rings. The number of nitrogens with two attached hydrogens (primary N) is 1. The summed E-state index contributed by atoms with van der Waals surface area (Å²) in [5, 5.41) is 16.3. The molecule has 0 aromatic rings. The Morgan fingerprint density at radius 2 is 1.77 bits per heavy atom. The van der Waals surface area contributed by atoms with Crippen LogP contribution in [0, 0.1) is 0 Å². The van der Waals surface area contributed by atoms with Crippen LogP contribution in [0.4, 0.5) is 4.79 Å². The number of alkyl carbamates (subject to hydrolysis) is 1. The van der Waals surface area contributed by atoms with E-state index in [1.54, 1.807) is 20.8 Å². The van der Waals surface area contributed by atoms with E-state index in [9.17, 15) is 29.1 Å². The van der Waals surface area contributed by atoms with Crippen LogP contribution in [0.3, 0.4) is 0 Å². The highest BCUT2D eigenvalue weighted by atomic mass is 32.2. The zero-order chi connectivity index (χ0) is 23.1. The second-order valence-corrected chi connectivity index (χ2v) is 8.49. The number of carbonyl (C=O) groups is 5. The Kier molecular flexibility index (Phi) is 9.36. The fourth-order valence-corrected chi connectivity index (χ4v) is 2.73. The molecule has 6 N–H and O–H groups in total. The van der Waals surface area contributed by atoms with Gasteiger partial charge in [-0.1, -0.05) is 0 Å². The van der Waals surface area contributed by atoms with Gasteiger partial charge in [-0.3, -0.25) is 14.4 Å². The van der Waals surface area contributed by atoms with Crippen molar-refractivity contribution in [2.45, 2.75) is 57.1 Å². The average Bonchev–Trinajstić information content (AvgIpc) is 3.40. The Labute approximate surface area is 178 Å². The summed E-state index contributed by atoms with van der Waals surface area (Å²) in [5.74, 6) is -3.13. The first-order valence-corrected chi connectivity index (χ1v) is 10.5. The summed E-state index contributed by atoms with van der Waals surface area (Å²) < 4.78 is 9.93. The topological polar surface area (TPSA) is 189 Å². The zero-order valence-corrected chi connectivity index (χ0v) is 18.0. The number of thioether (sulfide) groups is 1.